The van der Waals surface area contributed by atoms with Gasteiger partial charge in [0.25, 0.3) is 0 Å². The first-order valence-electron chi connectivity index (χ1n) is 3.45. The van der Waals surface area contributed by atoms with Crippen LogP contribution in [-0.2, 0) is 4.79 Å². The number of carboxylic acid groups (broad SMARTS) is 1. The van der Waals surface area contributed by atoms with Crippen LogP contribution < -0.4 is 61.8 Å². The van der Waals surface area contributed by atoms with E-state index in [0.29, 0.717) is 0 Å². The van der Waals surface area contributed by atoms with Crippen molar-refractivity contribution in [2.75, 3.05) is 28.2 Å². The van der Waals surface area contributed by atoms with Gasteiger partial charge in [-0.15, -0.1) is 0 Å². The third-order valence-electron chi connectivity index (χ3n) is 0.859. The van der Waals surface area contributed by atoms with Gasteiger partial charge >= 0.3 is 51.4 Å². The molecule has 0 saturated heterocycles. The van der Waals surface area contributed by atoms with Gasteiger partial charge in [-0.1, -0.05) is 0 Å². The molecule has 0 atom stereocenters. The predicted molar refractivity (Wildman–Crippen MR) is 46.8 cm³/mol. The Bertz CT molecular complexity index is 156. The summed E-state index contributed by atoms with van der Waals surface area (Å²) in [6.45, 7) is 0.972. The minimum atomic E-state index is -1.08. The van der Waals surface area contributed by atoms with E-state index in [4.69, 9.17) is 9.90 Å². The average Bonchev–Trinajstić information content (AvgIpc) is 1.87. The van der Waals surface area contributed by atoms with Crippen molar-refractivity contribution in [3.63, 3.8) is 0 Å². The smallest absolute Gasteiger partial charge is 0.550 e. The molecule has 13 heavy (non-hydrogen) atoms. The van der Waals surface area contributed by atoms with E-state index in [1.807, 2.05) is 26.0 Å². The number of carbonyl (C=O) groups excluding carboxylic acids is 1. The number of aliphatic carboxylic acids is 1. The average molecular weight is 213 g/mol. The first-order chi connectivity index (χ1) is 5.45. The molecule has 0 aromatic carbocycles. The summed E-state index contributed by atoms with van der Waals surface area (Å²) in [6, 6.07) is 0. The molecule has 0 bridgehead atoms. The molecule has 0 aliphatic carbocycles. The molecule has 0 spiro atoms. The second-order valence-electron chi connectivity index (χ2n) is 2.18. The van der Waals surface area contributed by atoms with Gasteiger partial charge in [-0.3, -0.25) is 4.99 Å². The van der Waals surface area contributed by atoms with Crippen LogP contribution in [0, 0.1) is 0 Å². The largest absolute Gasteiger partial charge is 1.00 e. The minimum absolute atomic E-state index is 0. The van der Waals surface area contributed by atoms with E-state index >= 15 is 0 Å². The summed E-state index contributed by atoms with van der Waals surface area (Å²) in [5, 5.41) is 11.8. The van der Waals surface area contributed by atoms with Crippen molar-refractivity contribution in [1.29, 1.82) is 0 Å². The van der Waals surface area contributed by atoms with Gasteiger partial charge in [0.05, 0.1) is 0 Å². The standard InChI is InChI=1S/C5H13N3.C2H4O2.K/c1-6-5(7-2)8(3)4;1-2(3)4;/h1-4H3,(H,6,7);1H3,(H,3,4);/q;;+1/p-1. The van der Waals surface area contributed by atoms with E-state index < -0.39 is 5.97 Å². The Labute approximate surface area is 122 Å². The van der Waals surface area contributed by atoms with Crippen LogP contribution in [0.3, 0.4) is 0 Å². The fraction of sp³-hybridized carbons (Fsp3) is 0.714. The third kappa shape index (κ3) is 19.0. The van der Waals surface area contributed by atoms with E-state index in [9.17, 15) is 0 Å². The Morgan fingerprint density at radius 1 is 1.46 bits per heavy atom. The number of hydrogen-bond donors (Lipinski definition) is 1. The number of guanidine groups is 1. The molecule has 0 amide bonds. The first-order valence-corrected chi connectivity index (χ1v) is 3.45. The fourth-order valence-corrected chi connectivity index (χ4v) is 0.535. The van der Waals surface area contributed by atoms with Gasteiger partial charge in [0.1, 0.15) is 0 Å². The molecule has 0 unspecified atom stereocenters. The molecule has 0 aliphatic heterocycles. The zero-order valence-electron chi connectivity index (χ0n) is 9.21. The molecule has 1 N–H and O–H groups in total. The SMILES string of the molecule is CC(=O)[O-].CN=C(NC)N(C)C.[K+]. The van der Waals surface area contributed by atoms with Crippen LogP contribution in [0.15, 0.2) is 4.99 Å². The van der Waals surface area contributed by atoms with Crippen molar-refractivity contribution in [2.24, 2.45) is 4.99 Å². The predicted octanol–water partition coefficient (Wildman–Crippen LogP) is -4.49. The normalized spacial score (nSPS) is 8.85. The van der Waals surface area contributed by atoms with Gasteiger partial charge < -0.3 is 20.1 Å². The maximum Gasteiger partial charge on any atom is 1.00 e. The van der Waals surface area contributed by atoms with Crippen molar-refractivity contribution in [1.82, 2.24) is 10.2 Å². The number of aliphatic imine (C=N–C) groups is 1. The van der Waals surface area contributed by atoms with Crippen molar-refractivity contribution in [3.8, 4) is 0 Å². The molecule has 0 aliphatic rings. The quantitative estimate of drug-likeness (QED) is 0.250. The molecule has 0 aromatic rings. The molecule has 72 valence electrons. The van der Waals surface area contributed by atoms with Crippen molar-refractivity contribution in [3.05, 3.63) is 0 Å². The van der Waals surface area contributed by atoms with Crippen LogP contribution in [-0.4, -0.2) is 45.0 Å². The molecular weight excluding hydrogens is 197 g/mol. The zero-order chi connectivity index (χ0) is 10.1. The van der Waals surface area contributed by atoms with E-state index in [1.165, 1.54) is 0 Å². The van der Waals surface area contributed by atoms with Crippen molar-refractivity contribution >= 4 is 11.9 Å². The monoisotopic (exact) mass is 213 g/mol. The van der Waals surface area contributed by atoms with Crippen LogP contribution >= 0.6 is 0 Å². The molecule has 6 heteroatoms. The number of hydrogen-bond acceptors (Lipinski definition) is 3. The molecule has 0 fully saturated rings. The molecule has 0 aromatic heterocycles. The maximum atomic E-state index is 8.89. The Morgan fingerprint density at radius 2 is 1.77 bits per heavy atom. The Balaban J connectivity index is -0.000000173. The summed E-state index contributed by atoms with van der Waals surface area (Å²) in [7, 11) is 7.49. The zero-order valence-corrected chi connectivity index (χ0v) is 12.3. The number of nitrogens with one attached hydrogen (secondary N) is 1. The third-order valence-corrected chi connectivity index (χ3v) is 0.859. The summed E-state index contributed by atoms with van der Waals surface area (Å²) in [6.07, 6.45) is 0. The minimum Gasteiger partial charge on any atom is -0.550 e. The van der Waals surface area contributed by atoms with Crippen molar-refractivity contribution < 1.29 is 61.3 Å². The Kier molecular flexibility index (Phi) is 18.1. The molecule has 5 nitrogen and oxygen atoms in total. The summed E-state index contributed by atoms with van der Waals surface area (Å²) >= 11 is 0. The summed E-state index contributed by atoms with van der Waals surface area (Å²) in [5.41, 5.74) is 0. The van der Waals surface area contributed by atoms with Crippen LogP contribution in [0.5, 0.6) is 0 Å². The molecular formula is C7H16KN3O2. The summed E-state index contributed by atoms with van der Waals surface area (Å²) in [5.74, 6) is -0.190. The van der Waals surface area contributed by atoms with E-state index in [-0.39, 0.29) is 51.4 Å². The maximum absolute atomic E-state index is 8.89. The number of carboxylic acids is 1. The van der Waals surface area contributed by atoms with Gasteiger partial charge in [0.2, 0.25) is 0 Å². The Hall–Kier alpha value is 0.376. The van der Waals surface area contributed by atoms with Crippen LogP contribution in [0.2, 0.25) is 0 Å². The number of carbonyl (C=O) groups is 1. The van der Waals surface area contributed by atoms with E-state index in [1.54, 1.807) is 7.05 Å². The van der Waals surface area contributed by atoms with Crippen LogP contribution in [0.1, 0.15) is 6.92 Å². The number of rotatable bonds is 0. The van der Waals surface area contributed by atoms with Gasteiger partial charge in [-0.25, -0.2) is 0 Å². The topological polar surface area (TPSA) is 67.8 Å². The van der Waals surface area contributed by atoms with Crippen molar-refractivity contribution in [2.45, 2.75) is 6.92 Å². The second-order valence-corrected chi connectivity index (χ2v) is 2.18. The summed E-state index contributed by atoms with van der Waals surface area (Å²) < 4.78 is 0. The van der Waals surface area contributed by atoms with Crippen LogP contribution in [0.25, 0.3) is 0 Å². The second kappa shape index (κ2) is 12.4. The van der Waals surface area contributed by atoms with Gasteiger partial charge in [-0.2, -0.15) is 0 Å². The van der Waals surface area contributed by atoms with Gasteiger partial charge in [0, 0.05) is 34.2 Å². The van der Waals surface area contributed by atoms with Crippen LogP contribution in [0.4, 0.5) is 0 Å². The van der Waals surface area contributed by atoms with E-state index in [0.717, 1.165) is 12.9 Å². The fourth-order valence-electron chi connectivity index (χ4n) is 0.535. The van der Waals surface area contributed by atoms with Gasteiger partial charge in [-0.05, 0) is 6.92 Å². The first kappa shape index (κ1) is 19.0. The Morgan fingerprint density at radius 3 is 1.77 bits per heavy atom. The number of nitrogens with zero attached hydrogens (tertiary/aromatic N) is 2. The summed E-state index contributed by atoms with van der Waals surface area (Å²) in [4.78, 5) is 14.7. The molecule has 0 heterocycles. The van der Waals surface area contributed by atoms with Gasteiger partial charge in [0.15, 0.2) is 5.96 Å². The molecule has 0 rings (SSSR count). The van der Waals surface area contributed by atoms with E-state index in [2.05, 4.69) is 10.3 Å². The molecule has 0 radical (unpaired) electrons. The molecule has 0 saturated carbocycles.